The van der Waals surface area contributed by atoms with Crippen LogP contribution in [0.5, 0.6) is 5.75 Å². The molecule has 1 atom stereocenters. The van der Waals surface area contributed by atoms with Crippen molar-refractivity contribution < 1.29 is 4.74 Å². The van der Waals surface area contributed by atoms with Gasteiger partial charge in [0.25, 0.3) is 0 Å². The number of aromatic nitrogens is 2. The Morgan fingerprint density at radius 2 is 2.42 bits per heavy atom. The maximum Gasteiger partial charge on any atom is 0.174 e. The lowest BCUT2D eigenvalue weighted by molar-refractivity contribution is 0.368. The zero-order valence-corrected chi connectivity index (χ0v) is 10.6. The Balaban J connectivity index is 1.85. The van der Waals surface area contributed by atoms with Gasteiger partial charge in [-0.25, -0.2) is 4.98 Å². The molecule has 0 amide bonds. The maximum absolute atomic E-state index is 8.51. The summed E-state index contributed by atoms with van der Waals surface area (Å²) < 4.78 is 5.30. The largest absolute Gasteiger partial charge is 0.479 e. The zero-order chi connectivity index (χ0) is 13.1. The molecule has 0 radical (unpaired) electrons. The minimum Gasteiger partial charge on any atom is -0.479 e. The van der Waals surface area contributed by atoms with Crippen molar-refractivity contribution >= 4 is 11.0 Å². The van der Waals surface area contributed by atoms with Gasteiger partial charge in [0.05, 0.1) is 11.0 Å². The number of hydrogen-bond donors (Lipinski definition) is 2. The van der Waals surface area contributed by atoms with Crippen molar-refractivity contribution in [3.8, 4) is 11.8 Å². The summed E-state index contributed by atoms with van der Waals surface area (Å²) >= 11 is 0. The van der Waals surface area contributed by atoms with Gasteiger partial charge in [-0.3, -0.25) is 0 Å². The summed E-state index contributed by atoms with van der Waals surface area (Å²) in [5, 5.41) is 11.9. The van der Waals surface area contributed by atoms with Crippen LogP contribution in [0.1, 0.15) is 24.6 Å². The second-order valence-electron chi connectivity index (χ2n) is 4.79. The summed E-state index contributed by atoms with van der Waals surface area (Å²) in [6.07, 6.45) is 2.36. The molecule has 1 aliphatic rings. The molecule has 0 bridgehead atoms. The zero-order valence-electron chi connectivity index (χ0n) is 10.6. The first kappa shape index (κ1) is 12.0. The van der Waals surface area contributed by atoms with E-state index in [0.717, 1.165) is 29.9 Å². The topological polar surface area (TPSA) is 73.7 Å². The van der Waals surface area contributed by atoms with Crippen molar-refractivity contribution in [1.82, 2.24) is 15.3 Å². The Hall–Kier alpha value is -2.06. The summed E-state index contributed by atoms with van der Waals surface area (Å²) in [4.78, 5) is 8.01. The molecule has 2 aromatic rings. The van der Waals surface area contributed by atoms with Gasteiger partial charge in [-0.1, -0.05) is 0 Å². The minimum absolute atomic E-state index is 0.0685. The van der Waals surface area contributed by atoms with Gasteiger partial charge >= 0.3 is 0 Å². The number of ether oxygens (including phenoxy) is 1. The molecular formula is C14H16N4O. The van der Waals surface area contributed by atoms with E-state index >= 15 is 0 Å². The Bertz CT molecular complexity index is 607. The van der Waals surface area contributed by atoms with Gasteiger partial charge in [0.1, 0.15) is 17.6 Å². The summed E-state index contributed by atoms with van der Waals surface area (Å²) in [6.45, 7) is 2.15. The fourth-order valence-electron chi connectivity index (χ4n) is 2.49. The molecule has 1 saturated heterocycles. The van der Waals surface area contributed by atoms with E-state index in [0.29, 0.717) is 11.7 Å². The molecule has 0 spiro atoms. The molecule has 2 heterocycles. The summed E-state index contributed by atoms with van der Waals surface area (Å²) in [5.74, 6) is 2.20. The molecule has 3 rings (SSSR count). The van der Waals surface area contributed by atoms with Crippen molar-refractivity contribution in [3.63, 3.8) is 0 Å². The average molecular weight is 256 g/mol. The average Bonchev–Trinajstić information content (AvgIpc) is 2.89. The second kappa shape index (κ2) is 5.29. The molecule has 5 nitrogen and oxygen atoms in total. The van der Waals surface area contributed by atoms with Crippen LogP contribution < -0.4 is 10.1 Å². The van der Waals surface area contributed by atoms with E-state index in [9.17, 15) is 0 Å². The van der Waals surface area contributed by atoms with Crippen LogP contribution in [-0.4, -0.2) is 29.7 Å². The molecule has 2 N–H and O–H groups in total. The van der Waals surface area contributed by atoms with Gasteiger partial charge < -0.3 is 15.0 Å². The highest BCUT2D eigenvalue weighted by molar-refractivity contribution is 5.76. The molecule has 98 valence electrons. The van der Waals surface area contributed by atoms with Crippen LogP contribution in [0.15, 0.2) is 18.2 Å². The van der Waals surface area contributed by atoms with E-state index < -0.39 is 0 Å². The molecule has 5 heteroatoms. The lowest BCUT2D eigenvalue weighted by atomic mass is 9.99. The fourth-order valence-corrected chi connectivity index (χ4v) is 2.49. The molecule has 1 aliphatic heterocycles. The van der Waals surface area contributed by atoms with Gasteiger partial charge in [-0.15, -0.1) is 0 Å². The number of hydrogen-bond acceptors (Lipinski definition) is 4. The van der Waals surface area contributed by atoms with E-state index in [1.165, 1.54) is 12.8 Å². The monoisotopic (exact) mass is 256 g/mol. The van der Waals surface area contributed by atoms with Gasteiger partial charge in [0, 0.05) is 18.5 Å². The molecule has 1 aromatic carbocycles. The van der Waals surface area contributed by atoms with Crippen LogP contribution >= 0.6 is 0 Å². The number of nitriles is 1. The predicted octanol–water partition coefficient (Wildman–Crippen LogP) is 1.93. The summed E-state index contributed by atoms with van der Waals surface area (Å²) in [5.41, 5.74) is 1.92. The van der Waals surface area contributed by atoms with Crippen LogP contribution in [0.4, 0.5) is 0 Å². The minimum atomic E-state index is 0.0685. The van der Waals surface area contributed by atoms with Crippen molar-refractivity contribution in [3.05, 3.63) is 24.0 Å². The van der Waals surface area contributed by atoms with Crippen molar-refractivity contribution in [2.45, 2.75) is 18.8 Å². The first-order valence-corrected chi connectivity index (χ1v) is 6.57. The van der Waals surface area contributed by atoms with E-state index in [4.69, 9.17) is 10.00 Å². The highest BCUT2D eigenvalue weighted by atomic mass is 16.5. The Labute approximate surface area is 111 Å². The standard InChI is InChI=1S/C14H16N4O/c15-5-7-19-11-3-4-12-13(8-11)18-14(17-12)10-2-1-6-16-9-10/h3-4,8,10,16H,1-2,6-7,9H2,(H,17,18). The number of piperidine rings is 1. The third kappa shape index (κ3) is 2.54. The van der Waals surface area contributed by atoms with Crippen molar-refractivity contribution in [2.24, 2.45) is 0 Å². The highest BCUT2D eigenvalue weighted by Crippen LogP contribution is 2.25. The Morgan fingerprint density at radius 3 is 3.21 bits per heavy atom. The molecular weight excluding hydrogens is 240 g/mol. The number of imidazole rings is 1. The lowest BCUT2D eigenvalue weighted by Crippen LogP contribution is -2.28. The van der Waals surface area contributed by atoms with E-state index in [2.05, 4.69) is 15.3 Å². The predicted molar refractivity (Wildman–Crippen MR) is 72.0 cm³/mol. The van der Waals surface area contributed by atoms with Crippen LogP contribution in [0.25, 0.3) is 11.0 Å². The third-order valence-corrected chi connectivity index (χ3v) is 3.46. The van der Waals surface area contributed by atoms with E-state index in [1.807, 2.05) is 24.3 Å². The van der Waals surface area contributed by atoms with Gasteiger partial charge in [0.2, 0.25) is 0 Å². The number of H-pyrrole nitrogens is 1. The molecule has 19 heavy (non-hydrogen) atoms. The number of fused-ring (bicyclic) bond motifs is 1. The fraction of sp³-hybridized carbons (Fsp3) is 0.429. The molecule has 1 aromatic heterocycles. The third-order valence-electron chi connectivity index (χ3n) is 3.46. The van der Waals surface area contributed by atoms with Crippen LogP contribution in [0.3, 0.4) is 0 Å². The number of rotatable bonds is 3. The van der Waals surface area contributed by atoms with Crippen LogP contribution in [0.2, 0.25) is 0 Å². The van der Waals surface area contributed by atoms with Crippen molar-refractivity contribution in [1.29, 1.82) is 5.26 Å². The molecule has 1 unspecified atom stereocenters. The molecule has 0 saturated carbocycles. The second-order valence-corrected chi connectivity index (χ2v) is 4.79. The van der Waals surface area contributed by atoms with Gasteiger partial charge in [0.15, 0.2) is 6.61 Å². The Kier molecular flexibility index (Phi) is 3.34. The summed E-state index contributed by atoms with van der Waals surface area (Å²) in [7, 11) is 0. The number of nitrogens with one attached hydrogen (secondary N) is 2. The molecule has 0 aliphatic carbocycles. The van der Waals surface area contributed by atoms with Gasteiger partial charge in [-0.05, 0) is 31.5 Å². The first-order valence-electron chi connectivity index (χ1n) is 6.57. The number of benzene rings is 1. The number of aromatic amines is 1. The van der Waals surface area contributed by atoms with Crippen molar-refractivity contribution in [2.75, 3.05) is 19.7 Å². The van der Waals surface area contributed by atoms with E-state index in [-0.39, 0.29) is 6.61 Å². The smallest absolute Gasteiger partial charge is 0.174 e. The van der Waals surface area contributed by atoms with E-state index in [1.54, 1.807) is 0 Å². The SMILES string of the molecule is N#CCOc1ccc2nc(C3CCCNC3)[nH]c2c1. The highest BCUT2D eigenvalue weighted by Gasteiger charge is 2.18. The quantitative estimate of drug-likeness (QED) is 0.880. The lowest BCUT2D eigenvalue weighted by Gasteiger charge is -2.20. The maximum atomic E-state index is 8.51. The first-order chi connectivity index (χ1) is 9.36. The summed E-state index contributed by atoms with van der Waals surface area (Å²) in [6, 6.07) is 7.65. The number of nitrogens with zero attached hydrogens (tertiary/aromatic N) is 2. The molecule has 1 fully saturated rings. The normalized spacial score (nSPS) is 19.2. The van der Waals surface area contributed by atoms with Gasteiger partial charge in [-0.2, -0.15) is 5.26 Å². The van der Waals surface area contributed by atoms with Crippen LogP contribution in [-0.2, 0) is 0 Å². The Morgan fingerprint density at radius 1 is 1.47 bits per heavy atom. The van der Waals surface area contributed by atoms with Crippen LogP contribution in [0, 0.1) is 11.3 Å².